The van der Waals surface area contributed by atoms with Crippen molar-refractivity contribution in [1.82, 2.24) is 20.4 Å². The third-order valence-corrected chi connectivity index (χ3v) is 6.34. The molecule has 1 aromatic rings. The average molecular weight is 369 g/mol. The van der Waals surface area contributed by atoms with Gasteiger partial charge in [-0.15, -0.1) is 12.4 Å². The van der Waals surface area contributed by atoms with Gasteiger partial charge >= 0.3 is 0 Å². The molecule has 1 aliphatic carbocycles. The van der Waals surface area contributed by atoms with Crippen molar-refractivity contribution >= 4 is 18.3 Å². The van der Waals surface area contributed by atoms with Crippen molar-refractivity contribution in [3.63, 3.8) is 0 Å². The summed E-state index contributed by atoms with van der Waals surface area (Å²) in [4.78, 5) is 13.2. The molecule has 2 aliphatic rings. The summed E-state index contributed by atoms with van der Waals surface area (Å²) in [6.45, 7) is 6.21. The first-order valence-electron chi connectivity index (χ1n) is 9.65. The van der Waals surface area contributed by atoms with Gasteiger partial charge in [-0.1, -0.05) is 39.0 Å². The first kappa shape index (κ1) is 20.2. The second-order valence-corrected chi connectivity index (χ2v) is 7.75. The van der Waals surface area contributed by atoms with Gasteiger partial charge in [-0.25, -0.2) is 0 Å². The average Bonchev–Trinajstić information content (AvgIpc) is 3.17. The van der Waals surface area contributed by atoms with Gasteiger partial charge in [0.05, 0.1) is 0 Å². The van der Waals surface area contributed by atoms with Gasteiger partial charge in [-0.2, -0.15) is 5.10 Å². The number of nitrogens with one attached hydrogen (secondary N) is 2. The summed E-state index contributed by atoms with van der Waals surface area (Å²) in [7, 11) is 0. The van der Waals surface area contributed by atoms with E-state index in [1.165, 1.54) is 32.1 Å². The molecule has 1 amide bonds. The summed E-state index contributed by atoms with van der Waals surface area (Å²) in [5, 5.41) is 11.1. The van der Waals surface area contributed by atoms with Crippen LogP contribution in [0.5, 0.6) is 0 Å². The van der Waals surface area contributed by atoms with Crippen LogP contribution in [0.4, 0.5) is 0 Å². The van der Waals surface area contributed by atoms with Crippen LogP contribution >= 0.6 is 12.4 Å². The van der Waals surface area contributed by atoms with Crippen molar-refractivity contribution in [3.05, 3.63) is 18.5 Å². The van der Waals surface area contributed by atoms with E-state index in [1.807, 2.05) is 16.9 Å². The van der Waals surface area contributed by atoms with Crippen LogP contribution < -0.4 is 10.6 Å². The summed E-state index contributed by atoms with van der Waals surface area (Å²) in [6, 6.07) is 2.12. The molecule has 0 aromatic carbocycles. The van der Waals surface area contributed by atoms with E-state index in [4.69, 9.17) is 0 Å². The largest absolute Gasteiger partial charge is 0.351 e. The summed E-state index contributed by atoms with van der Waals surface area (Å²) in [6.07, 6.45) is 12.0. The zero-order valence-corrected chi connectivity index (χ0v) is 16.4. The lowest BCUT2D eigenvalue weighted by Gasteiger charge is -2.39. The van der Waals surface area contributed by atoms with Crippen LogP contribution in [-0.2, 0) is 10.3 Å². The minimum atomic E-state index is -0.532. The minimum Gasteiger partial charge on any atom is -0.351 e. The lowest BCUT2D eigenvalue weighted by molar-refractivity contribution is -0.133. The van der Waals surface area contributed by atoms with Gasteiger partial charge in [0.1, 0.15) is 5.54 Å². The highest BCUT2D eigenvalue weighted by atomic mass is 35.5. The summed E-state index contributed by atoms with van der Waals surface area (Å²) >= 11 is 0. The molecule has 2 N–H and O–H groups in total. The van der Waals surface area contributed by atoms with Crippen LogP contribution in [0, 0.1) is 11.8 Å². The highest BCUT2D eigenvalue weighted by molar-refractivity contribution is 5.85. The van der Waals surface area contributed by atoms with Gasteiger partial charge in [-0.3, -0.25) is 9.48 Å². The molecule has 0 radical (unpaired) electrons. The molecule has 2 unspecified atom stereocenters. The SMILES string of the molecule is CC(NC(=O)C1(n2cccn2)CCNCC1)C(C)C1CCCCC1.Cl. The molecule has 0 bridgehead atoms. The zero-order chi connectivity index (χ0) is 17.0. The Hall–Kier alpha value is -1.07. The lowest BCUT2D eigenvalue weighted by atomic mass is 9.77. The van der Waals surface area contributed by atoms with Gasteiger partial charge < -0.3 is 10.6 Å². The number of rotatable bonds is 5. The number of carbonyl (C=O) groups is 1. The van der Waals surface area contributed by atoms with Gasteiger partial charge in [0, 0.05) is 18.4 Å². The molecule has 142 valence electrons. The predicted molar refractivity (Wildman–Crippen MR) is 103 cm³/mol. The molecule has 1 aromatic heterocycles. The smallest absolute Gasteiger partial charge is 0.248 e. The molecule has 3 rings (SSSR count). The molecule has 1 saturated heterocycles. The molecule has 1 aliphatic heterocycles. The molecule has 0 spiro atoms. The number of hydrogen-bond acceptors (Lipinski definition) is 3. The first-order valence-corrected chi connectivity index (χ1v) is 9.65. The summed E-state index contributed by atoms with van der Waals surface area (Å²) < 4.78 is 1.88. The Balaban J connectivity index is 0.00000225. The summed E-state index contributed by atoms with van der Waals surface area (Å²) in [5.41, 5.74) is -0.532. The number of aromatic nitrogens is 2. The van der Waals surface area contributed by atoms with Crippen LogP contribution in [0.25, 0.3) is 0 Å². The topological polar surface area (TPSA) is 59.0 Å². The van der Waals surface area contributed by atoms with Crippen molar-refractivity contribution in [1.29, 1.82) is 0 Å². The Bertz CT molecular complexity index is 522. The second-order valence-electron chi connectivity index (χ2n) is 7.75. The predicted octanol–water partition coefficient (Wildman–Crippen LogP) is 3.10. The Morgan fingerprint density at radius 2 is 1.92 bits per heavy atom. The highest BCUT2D eigenvalue weighted by Gasteiger charge is 2.43. The number of nitrogens with zero attached hydrogens (tertiary/aromatic N) is 2. The van der Waals surface area contributed by atoms with Crippen molar-refractivity contribution in [2.75, 3.05) is 13.1 Å². The number of hydrogen-bond donors (Lipinski definition) is 2. The Labute approximate surface area is 157 Å². The molecule has 2 atom stereocenters. The van der Waals surface area contributed by atoms with Gasteiger partial charge in [-0.05, 0) is 50.8 Å². The van der Waals surface area contributed by atoms with E-state index >= 15 is 0 Å². The maximum atomic E-state index is 13.2. The third kappa shape index (κ3) is 4.37. The Kier molecular flexibility index (Phi) is 7.32. The quantitative estimate of drug-likeness (QED) is 0.839. The normalized spacial score (nSPS) is 23.3. The standard InChI is InChI=1S/C19H32N4O.ClH/c1-15(17-7-4-3-5-8-17)16(2)22-18(24)19(9-12-20-13-10-19)23-14-6-11-21-23;/h6,11,14-17,20H,3-5,7-10,12-13H2,1-2H3,(H,22,24);1H. The van der Waals surface area contributed by atoms with Crippen molar-refractivity contribution < 1.29 is 4.79 Å². The first-order chi connectivity index (χ1) is 11.6. The molecule has 2 fully saturated rings. The third-order valence-electron chi connectivity index (χ3n) is 6.34. The van der Waals surface area contributed by atoms with E-state index in [2.05, 4.69) is 29.6 Å². The van der Waals surface area contributed by atoms with Crippen LogP contribution in [0.1, 0.15) is 58.8 Å². The molecule has 1 saturated carbocycles. The number of piperidine rings is 1. The van der Waals surface area contributed by atoms with Crippen molar-refractivity contribution in [3.8, 4) is 0 Å². The zero-order valence-electron chi connectivity index (χ0n) is 15.5. The number of carbonyl (C=O) groups excluding carboxylic acids is 1. The fraction of sp³-hybridized carbons (Fsp3) is 0.789. The van der Waals surface area contributed by atoms with Crippen LogP contribution in [0.15, 0.2) is 18.5 Å². The van der Waals surface area contributed by atoms with Gasteiger partial charge in [0.15, 0.2) is 0 Å². The van der Waals surface area contributed by atoms with Crippen LogP contribution in [-0.4, -0.2) is 34.8 Å². The van der Waals surface area contributed by atoms with E-state index in [1.54, 1.807) is 6.20 Å². The molecule has 6 heteroatoms. The molecular formula is C19H33ClN4O. The van der Waals surface area contributed by atoms with Gasteiger partial charge in [0.2, 0.25) is 5.91 Å². The van der Waals surface area contributed by atoms with Gasteiger partial charge in [0.25, 0.3) is 0 Å². The fourth-order valence-electron chi connectivity index (χ4n) is 4.46. The molecule has 25 heavy (non-hydrogen) atoms. The van der Waals surface area contributed by atoms with E-state index in [-0.39, 0.29) is 24.4 Å². The highest BCUT2D eigenvalue weighted by Crippen LogP contribution is 2.32. The minimum absolute atomic E-state index is 0. The molecular weight excluding hydrogens is 336 g/mol. The second kappa shape index (κ2) is 9.04. The van der Waals surface area contributed by atoms with Crippen molar-refractivity contribution in [2.24, 2.45) is 11.8 Å². The van der Waals surface area contributed by atoms with E-state index in [0.717, 1.165) is 31.8 Å². The Morgan fingerprint density at radius 3 is 2.52 bits per heavy atom. The number of halogens is 1. The van der Waals surface area contributed by atoms with Crippen molar-refractivity contribution in [2.45, 2.75) is 70.4 Å². The van der Waals surface area contributed by atoms with Crippen LogP contribution in [0.3, 0.4) is 0 Å². The molecule has 5 nitrogen and oxygen atoms in total. The summed E-state index contributed by atoms with van der Waals surface area (Å²) in [5.74, 6) is 1.43. The maximum absolute atomic E-state index is 13.2. The monoisotopic (exact) mass is 368 g/mol. The maximum Gasteiger partial charge on any atom is 0.248 e. The van der Waals surface area contributed by atoms with E-state index in [0.29, 0.717) is 5.92 Å². The molecule has 2 heterocycles. The van der Waals surface area contributed by atoms with E-state index < -0.39 is 5.54 Å². The lowest BCUT2D eigenvalue weighted by Crippen LogP contribution is -2.57. The number of amides is 1. The fourth-order valence-corrected chi connectivity index (χ4v) is 4.46. The van der Waals surface area contributed by atoms with E-state index in [9.17, 15) is 4.79 Å². The Morgan fingerprint density at radius 1 is 1.24 bits per heavy atom. The van der Waals surface area contributed by atoms with Crippen LogP contribution in [0.2, 0.25) is 0 Å².